The van der Waals surface area contributed by atoms with Gasteiger partial charge in [0.1, 0.15) is 0 Å². The molecule has 0 spiro atoms. The van der Waals surface area contributed by atoms with Gasteiger partial charge in [0.25, 0.3) is 0 Å². The average Bonchev–Trinajstić information content (AvgIpc) is 2.87. The molecule has 1 aliphatic heterocycles. The van der Waals surface area contributed by atoms with Gasteiger partial charge in [0.05, 0.1) is 11.4 Å². The summed E-state index contributed by atoms with van der Waals surface area (Å²) in [5, 5.41) is 13.7. The molecule has 1 aliphatic carbocycles. The van der Waals surface area contributed by atoms with E-state index in [2.05, 4.69) is 5.32 Å². The number of hydrogen-bond acceptors (Lipinski definition) is 3. The summed E-state index contributed by atoms with van der Waals surface area (Å²) in [5.41, 5.74) is 8.50. The van der Waals surface area contributed by atoms with Gasteiger partial charge in [-0.3, -0.25) is 9.36 Å². The number of primary amides is 1. The highest BCUT2D eigenvalue weighted by Gasteiger charge is 2.38. The third-order valence-electron chi connectivity index (χ3n) is 5.02. The minimum absolute atomic E-state index is 0.162. The molecule has 1 aromatic carbocycles. The maximum absolute atomic E-state index is 11.6. The van der Waals surface area contributed by atoms with Crippen molar-refractivity contribution in [2.45, 2.75) is 24.8 Å². The second-order valence-electron chi connectivity index (χ2n) is 6.20. The van der Waals surface area contributed by atoms with Crippen molar-refractivity contribution in [2.24, 2.45) is 11.7 Å². The molecule has 2 heterocycles. The van der Waals surface area contributed by atoms with E-state index in [-0.39, 0.29) is 17.9 Å². The van der Waals surface area contributed by atoms with E-state index in [1.807, 2.05) is 24.4 Å². The van der Waals surface area contributed by atoms with Crippen molar-refractivity contribution in [1.82, 2.24) is 9.88 Å². The zero-order valence-corrected chi connectivity index (χ0v) is 12.0. The van der Waals surface area contributed by atoms with Crippen LogP contribution < -0.4 is 11.1 Å². The second kappa shape index (κ2) is 4.58. The molecule has 3 atom stereocenters. The molecule has 1 saturated heterocycles. The van der Waals surface area contributed by atoms with Crippen LogP contribution in [0.2, 0.25) is 0 Å². The fourth-order valence-corrected chi connectivity index (χ4v) is 4.02. The van der Waals surface area contributed by atoms with Crippen molar-refractivity contribution in [3.05, 3.63) is 35.5 Å². The van der Waals surface area contributed by atoms with Crippen LogP contribution in [0.5, 0.6) is 0 Å². The van der Waals surface area contributed by atoms with Crippen LogP contribution in [0.1, 0.15) is 23.5 Å². The Kier molecular flexibility index (Phi) is 2.77. The fourth-order valence-electron chi connectivity index (χ4n) is 4.02. The molecule has 2 aromatic rings. The first kappa shape index (κ1) is 13.3. The molecule has 1 unspecified atom stereocenters. The van der Waals surface area contributed by atoms with Crippen molar-refractivity contribution in [2.75, 3.05) is 6.54 Å². The van der Waals surface area contributed by atoms with Crippen molar-refractivity contribution in [3.63, 3.8) is 0 Å². The summed E-state index contributed by atoms with van der Waals surface area (Å²) in [6, 6.07) is 5.57. The number of carbonyl (C=O) groups is 2. The molecule has 1 amide bonds. The molecule has 6 heteroatoms. The van der Waals surface area contributed by atoms with Gasteiger partial charge in [-0.15, -0.1) is 0 Å². The third kappa shape index (κ3) is 1.77. The molecule has 1 fully saturated rings. The number of rotatable bonds is 1. The highest BCUT2D eigenvalue weighted by Crippen LogP contribution is 2.42. The van der Waals surface area contributed by atoms with Gasteiger partial charge >= 0.3 is 12.0 Å². The van der Waals surface area contributed by atoms with E-state index in [4.69, 9.17) is 5.73 Å². The Labute approximate surface area is 126 Å². The van der Waals surface area contributed by atoms with Crippen molar-refractivity contribution < 1.29 is 14.7 Å². The van der Waals surface area contributed by atoms with E-state index in [0.717, 1.165) is 28.5 Å². The summed E-state index contributed by atoms with van der Waals surface area (Å²) in [6.07, 6.45) is 3.25. The topological polar surface area (TPSA) is 97.4 Å². The smallest absolute Gasteiger partial charge is 0.323 e. The Balaban J connectivity index is 1.87. The predicted octanol–water partition coefficient (Wildman–Crippen LogP) is 1.27. The van der Waals surface area contributed by atoms with Gasteiger partial charge in [-0.25, -0.2) is 4.79 Å². The average molecular weight is 299 g/mol. The number of carbonyl (C=O) groups excluding carboxylic acids is 1. The van der Waals surface area contributed by atoms with Crippen LogP contribution in [0.15, 0.2) is 24.4 Å². The lowest BCUT2D eigenvalue weighted by molar-refractivity contribution is -0.142. The normalized spacial score (nSPS) is 26.6. The molecular weight excluding hydrogens is 282 g/mol. The number of amides is 1. The molecule has 0 saturated carbocycles. The summed E-state index contributed by atoms with van der Waals surface area (Å²) in [6.45, 7) is 0.498. The standard InChI is InChI=1S/C16H17N3O3/c17-16(22)19-7-9-5-12-11(4-8(6-18-12)15(20)21)10-2-1-3-13(19)14(9)10/h1-3,7-8,11-12,18H,4-6H2,(H2,17,22)(H,20,21)/t8?,11-,12-/m1/s1. The van der Waals surface area contributed by atoms with E-state index < -0.39 is 12.0 Å². The van der Waals surface area contributed by atoms with Crippen LogP contribution in [-0.4, -0.2) is 34.3 Å². The van der Waals surface area contributed by atoms with Gasteiger partial charge in [-0.1, -0.05) is 12.1 Å². The van der Waals surface area contributed by atoms with E-state index in [9.17, 15) is 14.7 Å². The van der Waals surface area contributed by atoms with Gasteiger partial charge in [-0.2, -0.15) is 0 Å². The van der Waals surface area contributed by atoms with E-state index in [1.165, 1.54) is 4.57 Å². The Bertz CT molecular complexity index is 795. The molecule has 6 nitrogen and oxygen atoms in total. The van der Waals surface area contributed by atoms with E-state index in [1.54, 1.807) is 0 Å². The summed E-state index contributed by atoms with van der Waals surface area (Å²) >= 11 is 0. The monoisotopic (exact) mass is 299 g/mol. The van der Waals surface area contributed by atoms with Gasteiger partial charge in [0.15, 0.2) is 0 Å². The zero-order valence-electron chi connectivity index (χ0n) is 12.0. The van der Waals surface area contributed by atoms with Crippen LogP contribution in [0.25, 0.3) is 10.9 Å². The Morgan fingerprint density at radius 2 is 2.18 bits per heavy atom. The maximum atomic E-state index is 11.6. The number of nitrogens with two attached hydrogens (primary N) is 1. The quantitative estimate of drug-likeness (QED) is 0.738. The van der Waals surface area contributed by atoms with Crippen LogP contribution in [0.4, 0.5) is 4.79 Å². The lowest BCUT2D eigenvalue weighted by Gasteiger charge is -2.39. The lowest BCUT2D eigenvalue weighted by atomic mass is 9.73. The van der Waals surface area contributed by atoms with Crippen LogP contribution in [0.3, 0.4) is 0 Å². The van der Waals surface area contributed by atoms with E-state index in [0.29, 0.717) is 13.0 Å². The third-order valence-corrected chi connectivity index (χ3v) is 5.02. The SMILES string of the molecule is NC(=O)n1cc2c3c(cccc31)[C@H]1CC(C(=O)O)CN[C@@H]1C2. The molecule has 0 radical (unpaired) electrons. The van der Waals surface area contributed by atoms with Crippen molar-refractivity contribution in [1.29, 1.82) is 0 Å². The number of nitrogens with zero attached hydrogens (tertiary/aromatic N) is 1. The highest BCUT2D eigenvalue weighted by molar-refractivity contribution is 5.96. The molecule has 114 valence electrons. The maximum Gasteiger partial charge on any atom is 0.323 e. The Hall–Kier alpha value is -2.34. The van der Waals surface area contributed by atoms with Crippen molar-refractivity contribution >= 4 is 22.9 Å². The molecular formula is C16H17N3O3. The fraction of sp³-hybridized carbons (Fsp3) is 0.375. The number of aliphatic carboxylic acids is 1. The van der Waals surface area contributed by atoms with Crippen LogP contribution >= 0.6 is 0 Å². The number of aromatic nitrogens is 1. The van der Waals surface area contributed by atoms with Gasteiger partial charge in [0.2, 0.25) is 0 Å². The number of piperidine rings is 1. The minimum atomic E-state index is -0.751. The van der Waals surface area contributed by atoms with Crippen molar-refractivity contribution in [3.8, 4) is 0 Å². The number of hydrogen-bond donors (Lipinski definition) is 3. The number of nitrogens with one attached hydrogen (secondary N) is 1. The van der Waals surface area contributed by atoms with Gasteiger partial charge < -0.3 is 16.2 Å². The Morgan fingerprint density at radius 1 is 1.36 bits per heavy atom. The first-order chi connectivity index (χ1) is 10.6. The van der Waals surface area contributed by atoms with Crippen LogP contribution in [0, 0.1) is 5.92 Å². The minimum Gasteiger partial charge on any atom is -0.481 e. The summed E-state index contributed by atoms with van der Waals surface area (Å²) < 4.78 is 1.49. The predicted molar refractivity (Wildman–Crippen MR) is 80.9 cm³/mol. The molecule has 4 N–H and O–H groups in total. The highest BCUT2D eigenvalue weighted by atomic mass is 16.4. The lowest BCUT2D eigenvalue weighted by Crippen LogP contribution is -2.48. The molecule has 1 aromatic heterocycles. The number of carboxylic acids is 1. The van der Waals surface area contributed by atoms with Gasteiger partial charge in [0, 0.05) is 30.1 Å². The number of carboxylic acid groups (broad SMARTS) is 1. The summed E-state index contributed by atoms with van der Waals surface area (Å²) in [7, 11) is 0. The first-order valence-electron chi connectivity index (χ1n) is 7.45. The van der Waals surface area contributed by atoms with Crippen LogP contribution in [-0.2, 0) is 11.2 Å². The molecule has 22 heavy (non-hydrogen) atoms. The number of benzene rings is 1. The molecule has 2 aliphatic rings. The summed E-state index contributed by atoms with van der Waals surface area (Å²) in [4.78, 5) is 22.9. The number of fused-ring (bicyclic) bond motifs is 2. The second-order valence-corrected chi connectivity index (χ2v) is 6.20. The first-order valence-corrected chi connectivity index (χ1v) is 7.45. The zero-order chi connectivity index (χ0) is 15.4. The van der Waals surface area contributed by atoms with Gasteiger partial charge in [-0.05, 0) is 30.0 Å². The largest absolute Gasteiger partial charge is 0.481 e. The summed E-state index contributed by atoms with van der Waals surface area (Å²) in [5.74, 6) is -0.954. The van der Waals surface area contributed by atoms with E-state index >= 15 is 0 Å². The molecule has 0 bridgehead atoms. The molecule has 4 rings (SSSR count). The Morgan fingerprint density at radius 3 is 2.91 bits per heavy atom.